The average Bonchev–Trinajstić information content (AvgIpc) is 3.20. The van der Waals surface area contributed by atoms with E-state index in [1.807, 2.05) is 18.2 Å². The first kappa shape index (κ1) is 21.3. The monoisotopic (exact) mass is 416 g/mol. The quantitative estimate of drug-likeness (QED) is 0.524. The van der Waals surface area contributed by atoms with E-state index in [1.165, 1.54) is 24.1 Å². The van der Waals surface area contributed by atoms with E-state index in [4.69, 9.17) is 21.7 Å². The van der Waals surface area contributed by atoms with Gasteiger partial charge in [-0.1, -0.05) is 6.07 Å². The van der Waals surface area contributed by atoms with Gasteiger partial charge in [-0.15, -0.1) is 0 Å². The Morgan fingerprint density at radius 3 is 2.72 bits per heavy atom. The molecular formula is C21H28N4O3S. The highest BCUT2D eigenvalue weighted by Crippen LogP contribution is 2.40. The summed E-state index contributed by atoms with van der Waals surface area (Å²) in [6, 6.07) is 7.91. The number of esters is 1. The number of carbonyl (C=O) groups is 1. The zero-order valence-corrected chi connectivity index (χ0v) is 18.2. The van der Waals surface area contributed by atoms with E-state index in [1.54, 1.807) is 13.3 Å². The molecule has 2 atom stereocenters. The van der Waals surface area contributed by atoms with E-state index < -0.39 is 0 Å². The minimum absolute atomic E-state index is 0.0652. The van der Waals surface area contributed by atoms with Crippen molar-refractivity contribution in [2.45, 2.75) is 38.9 Å². The number of nitrogens with one attached hydrogen (secondary N) is 1. The standard InChI is InChI=1S/C21H28N4O3S/c1-14-13-16(15(2)24(14)11-12-27-3)20-19(17-7-5-6-9-22-17)23-21(29)25(20)10-8-18(26)28-4/h5-7,9,13,19-20H,8,10-12H2,1-4H3,(H,23,29)/t19-,20-/m1/s1. The number of nitrogens with zero attached hydrogens (tertiary/aromatic N) is 3. The molecule has 156 valence electrons. The normalized spacial score (nSPS) is 18.8. The van der Waals surface area contributed by atoms with Gasteiger partial charge in [-0.05, 0) is 49.8 Å². The van der Waals surface area contributed by atoms with E-state index in [-0.39, 0.29) is 24.5 Å². The second-order valence-electron chi connectivity index (χ2n) is 7.12. The topological polar surface area (TPSA) is 68.6 Å². The molecule has 8 heteroatoms. The fourth-order valence-electron chi connectivity index (χ4n) is 3.95. The Kier molecular flexibility index (Phi) is 6.87. The van der Waals surface area contributed by atoms with Crippen LogP contribution >= 0.6 is 12.2 Å². The Morgan fingerprint density at radius 2 is 2.07 bits per heavy atom. The maximum absolute atomic E-state index is 11.8. The average molecular weight is 417 g/mol. The van der Waals surface area contributed by atoms with Gasteiger partial charge in [-0.3, -0.25) is 9.78 Å². The number of hydrogen-bond acceptors (Lipinski definition) is 5. The number of thiocarbonyl (C=S) groups is 1. The summed E-state index contributed by atoms with van der Waals surface area (Å²) < 4.78 is 12.4. The highest BCUT2D eigenvalue weighted by Gasteiger charge is 2.41. The summed E-state index contributed by atoms with van der Waals surface area (Å²) in [6.07, 6.45) is 2.06. The van der Waals surface area contributed by atoms with E-state index >= 15 is 0 Å². The predicted octanol–water partition coefficient (Wildman–Crippen LogP) is 2.68. The second-order valence-corrected chi connectivity index (χ2v) is 7.50. The molecule has 1 N–H and O–H groups in total. The zero-order valence-electron chi connectivity index (χ0n) is 17.3. The molecule has 1 aliphatic rings. The Balaban J connectivity index is 2.00. The number of methoxy groups -OCH3 is 2. The summed E-state index contributed by atoms with van der Waals surface area (Å²) >= 11 is 5.64. The number of aromatic nitrogens is 2. The minimum atomic E-state index is -0.251. The molecule has 0 spiro atoms. The molecule has 0 unspecified atom stereocenters. The van der Waals surface area contributed by atoms with Crippen LogP contribution in [-0.2, 0) is 20.8 Å². The number of ether oxygens (including phenoxy) is 2. The van der Waals surface area contributed by atoms with Crippen molar-refractivity contribution in [1.82, 2.24) is 19.8 Å². The first-order valence-corrected chi connectivity index (χ1v) is 10.1. The molecule has 3 heterocycles. The Labute approximate surface area is 177 Å². The van der Waals surface area contributed by atoms with E-state index in [0.29, 0.717) is 18.3 Å². The van der Waals surface area contributed by atoms with E-state index in [9.17, 15) is 4.79 Å². The Morgan fingerprint density at radius 1 is 1.28 bits per heavy atom. The lowest BCUT2D eigenvalue weighted by Crippen LogP contribution is -2.32. The third-order valence-electron chi connectivity index (χ3n) is 5.43. The van der Waals surface area contributed by atoms with Crippen LogP contribution in [0.4, 0.5) is 0 Å². The molecule has 1 saturated heterocycles. The molecule has 7 nitrogen and oxygen atoms in total. The molecule has 29 heavy (non-hydrogen) atoms. The van der Waals surface area contributed by atoms with Gasteiger partial charge in [0.1, 0.15) is 0 Å². The third-order valence-corrected chi connectivity index (χ3v) is 5.79. The lowest BCUT2D eigenvalue weighted by molar-refractivity contribution is -0.140. The third kappa shape index (κ3) is 4.43. The summed E-state index contributed by atoms with van der Waals surface area (Å²) in [5.41, 5.74) is 4.42. The summed E-state index contributed by atoms with van der Waals surface area (Å²) in [5, 5.41) is 4.04. The maximum Gasteiger partial charge on any atom is 0.307 e. The molecule has 2 aromatic rings. The lowest BCUT2D eigenvalue weighted by Gasteiger charge is -2.28. The number of pyridine rings is 1. The summed E-state index contributed by atoms with van der Waals surface area (Å²) in [7, 11) is 3.11. The van der Waals surface area contributed by atoms with Crippen LogP contribution in [0.15, 0.2) is 30.5 Å². The van der Waals surface area contributed by atoms with Gasteiger partial charge in [0.25, 0.3) is 0 Å². The molecule has 0 amide bonds. The van der Waals surface area contributed by atoms with E-state index in [2.05, 4.69) is 39.7 Å². The van der Waals surface area contributed by atoms with Crippen LogP contribution in [-0.4, -0.2) is 52.9 Å². The Hall–Kier alpha value is -2.45. The first-order chi connectivity index (χ1) is 14.0. The number of carbonyl (C=O) groups excluding carboxylic acids is 1. The fourth-order valence-corrected chi connectivity index (χ4v) is 4.28. The van der Waals surface area contributed by atoms with E-state index in [0.717, 1.165) is 12.2 Å². The van der Waals surface area contributed by atoms with Crippen molar-refractivity contribution >= 4 is 23.3 Å². The molecule has 2 aromatic heterocycles. The predicted molar refractivity (Wildman–Crippen MR) is 115 cm³/mol. The van der Waals surface area contributed by atoms with Crippen LogP contribution in [0, 0.1) is 13.8 Å². The van der Waals surface area contributed by atoms with Gasteiger partial charge in [-0.2, -0.15) is 0 Å². The van der Waals surface area contributed by atoms with Gasteiger partial charge < -0.3 is 24.3 Å². The molecular weight excluding hydrogens is 388 g/mol. The number of hydrogen-bond donors (Lipinski definition) is 1. The van der Waals surface area contributed by atoms with Crippen molar-refractivity contribution in [3.05, 3.63) is 53.1 Å². The first-order valence-electron chi connectivity index (χ1n) is 9.68. The summed E-state index contributed by atoms with van der Waals surface area (Å²) in [6.45, 7) is 6.13. The molecule has 0 saturated carbocycles. The number of rotatable bonds is 8. The van der Waals surface area contributed by atoms with Crippen molar-refractivity contribution in [2.24, 2.45) is 0 Å². The van der Waals surface area contributed by atoms with Gasteiger partial charge >= 0.3 is 5.97 Å². The summed E-state index contributed by atoms with van der Waals surface area (Å²) in [4.78, 5) is 18.4. The second kappa shape index (κ2) is 9.37. The molecule has 0 aromatic carbocycles. The van der Waals surface area contributed by atoms with Crippen molar-refractivity contribution in [2.75, 3.05) is 27.4 Å². The van der Waals surface area contributed by atoms with Crippen molar-refractivity contribution in [3.8, 4) is 0 Å². The van der Waals surface area contributed by atoms with Crippen LogP contribution < -0.4 is 5.32 Å². The largest absolute Gasteiger partial charge is 0.469 e. The summed E-state index contributed by atoms with van der Waals surface area (Å²) in [5.74, 6) is -0.251. The lowest BCUT2D eigenvalue weighted by atomic mass is 9.96. The van der Waals surface area contributed by atoms with Crippen molar-refractivity contribution < 1.29 is 14.3 Å². The van der Waals surface area contributed by atoms with Crippen LogP contribution in [0.3, 0.4) is 0 Å². The van der Waals surface area contributed by atoms with Gasteiger partial charge in [0.2, 0.25) is 0 Å². The highest BCUT2D eigenvalue weighted by atomic mass is 32.1. The molecule has 0 aliphatic carbocycles. The van der Waals surface area contributed by atoms with Crippen molar-refractivity contribution in [3.63, 3.8) is 0 Å². The maximum atomic E-state index is 11.8. The van der Waals surface area contributed by atoms with Crippen LogP contribution in [0.25, 0.3) is 0 Å². The van der Waals surface area contributed by atoms with Gasteiger partial charge in [0.05, 0.1) is 37.9 Å². The smallest absolute Gasteiger partial charge is 0.307 e. The molecule has 3 rings (SSSR count). The number of aryl methyl sites for hydroxylation is 1. The minimum Gasteiger partial charge on any atom is -0.469 e. The molecule has 0 bridgehead atoms. The fraction of sp³-hybridized carbons (Fsp3) is 0.476. The highest BCUT2D eigenvalue weighted by molar-refractivity contribution is 7.80. The molecule has 0 radical (unpaired) electrons. The Bertz CT molecular complexity index is 868. The van der Waals surface area contributed by atoms with Crippen LogP contribution in [0.5, 0.6) is 0 Å². The van der Waals surface area contributed by atoms with Crippen molar-refractivity contribution in [1.29, 1.82) is 0 Å². The van der Waals surface area contributed by atoms with Gasteiger partial charge in [0.15, 0.2) is 5.11 Å². The molecule has 1 fully saturated rings. The SMILES string of the molecule is COCCn1c(C)cc([C@@H]2[C@@H](c3ccccn3)NC(=S)N2CCC(=O)OC)c1C. The van der Waals surface area contributed by atoms with Crippen LogP contribution in [0.1, 0.15) is 41.1 Å². The molecule has 1 aliphatic heterocycles. The van der Waals surface area contributed by atoms with Gasteiger partial charge in [-0.25, -0.2) is 0 Å². The zero-order chi connectivity index (χ0) is 21.0. The van der Waals surface area contributed by atoms with Crippen LogP contribution in [0.2, 0.25) is 0 Å². The van der Waals surface area contributed by atoms with Gasteiger partial charge in [0, 0.05) is 37.8 Å².